The predicted octanol–water partition coefficient (Wildman–Crippen LogP) is 3.85. The highest BCUT2D eigenvalue weighted by Crippen LogP contribution is 2.35. The first-order valence-corrected chi connectivity index (χ1v) is 9.78. The number of benzene rings is 2. The van der Waals surface area contributed by atoms with E-state index in [-0.39, 0.29) is 29.6 Å². The smallest absolute Gasteiger partial charge is 0.271 e. The molecule has 0 saturated carbocycles. The molecule has 2 aliphatic heterocycles. The Morgan fingerprint density at radius 1 is 0.862 bits per heavy atom. The summed E-state index contributed by atoms with van der Waals surface area (Å²) < 4.78 is 29.5. The third-order valence-corrected chi connectivity index (χ3v) is 5.97. The van der Waals surface area contributed by atoms with Gasteiger partial charge in [-0.1, -0.05) is 30.3 Å². The second kappa shape index (κ2) is 7.12. The van der Waals surface area contributed by atoms with Gasteiger partial charge in [-0.2, -0.15) is 0 Å². The molecule has 2 aromatic carbocycles. The van der Waals surface area contributed by atoms with Crippen LogP contribution in [0.5, 0.6) is 0 Å². The van der Waals surface area contributed by atoms with Crippen molar-refractivity contribution in [3.63, 3.8) is 0 Å². The molecule has 6 heteroatoms. The molecule has 1 amide bonds. The molecule has 29 heavy (non-hydrogen) atoms. The standard InChI is InChI=1S/C23H21F2N3O/c24-18-9-7-16(8-10-18)12-28-22-15-26(13-17-4-1-2-5-19(17)25)14-21(22)27-11-3-6-20(27)23(28)29/h1-11,21-22H,12-15H2/t21-,22+/m0/s1. The number of carbonyl (C=O) groups is 1. The van der Waals surface area contributed by atoms with Crippen molar-refractivity contribution >= 4 is 5.91 Å². The zero-order chi connectivity index (χ0) is 20.0. The van der Waals surface area contributed by atoms with E-state index < -0.39 is 0 Å². The Labute approximate surface area is 168 Å². The van der Waals surface area contributed by atoms with Crippen molar-refractivity contribution in [1.29, 1.82) is 0 Å². The van der Waals surface area contributed by atoms with Crippen LogP contribution >= 0.6 is 0 Å². The summed E-state index contributed by atoms with van der Waals surface area (Å²) in [5.41, 5.74) is 2.22. The summed E-state index contributed by atoms with van der Waals surface area (Å²) in [4.78, 5) is 17.2. The van der Waals surface area contributed by atoms with E-state index in [1.54, 1.807) is 24.3 Å². The van der Waals surface area contributed by atoms with Crippen LogP contribution in [0.25, 0.3) is 0 Å². The van der Waals surface area contributed by atoms with Crippen LogP contribution < -0.4 is 0 Å². The zero-order valence-corrected chi connectivity index (χ0v) is 15.8. The lowest BCUT2D eigenvalue weighted by Gasteiger charge is -2.38. The number of hydrogen-bond acceptors (Lipinski definition) is 2. The number of halogens is 2. The molecule has 0 N–H and O–H groups in total. The fourth-order valence-corrected chi connectivity index (χ4v) is 4.56. The van der Waals surface area contributed by atoms with Crippen molar-refractivity contribution < 1.29 is 13.6 Å². The molecule has 148 valence electrons. The minimum absolute atomic E-state index is 0.0146. The SMILES string of the molecule is O=C1c2cccn2[C@H]2CN(Cc3ccccc3F)C[C@H]2N1Cc1ccc(F)cc1. The molecule has 0 bridgehead atoms. The molecule has 3 heterocycles. The van der Waals surface area contributed by atoms with Gasteiger partial charge < -0.3 is 9.47 Å². The van der Waals surface area contributed by atoms with Gasteiger partial charge in [0, 0.05) is 37.9 Å². The van der Waals surface area contributed by atoms with E-state index in [0.29, 0.717) is 30.9 Å². The van der Waals surface area contributed by atoms with Crippen LogP contribution in [0.15, 0.2) is 66.9 Å². The molecule has 2 aliphatic rings. The highest BCUT2D eigenvalue weighted by Gasteiger charge is 2.44. The average Bonchev–Trinajstić information content (AvgIpc) is 3.35. The number of amides is 1. The van der Waals surface area contributed by atoms with E-state index in [1.807, 2.05) is 29.3 Å². The highest BCUT2D eigenvalue weighted by molar-refractivity contribution is 5.94. The summed E-state index contributed by atoms with van der Waals surface area (Å²) in [5.74, 6) is -0.515. The normalized spacial score (nSPS) is 21.3. The summed E-state index contributed by atoms with van der Waals surface area (Å²) >= 11 is 0. The number of nitrogens with zero attached hydrogens (tertiary/aromatic N) is 3. The molecule has 1 fully saturated rings. The van der Waals surface area contributed by atoms with E-state index in [9.17, 15) is 13.6 Å². The number of carbonyl (C=O) groups excluding carboxylic acids is 1. The quantitative estimate of drug-likeness (QED) is 0.674. The molecule has 0 spiro atoms. The Morgan fingerprint density at radius 2 is 1.62 bits per heavy atom. The van der Waals surface area contributed by atoms with Crippen molar-refractivity contribution in [2.75, 3.05) is 13.1 Å². The van der Waals surface area contributed by atoms with Gasteiger partial charge in [0.2, 0.25) is 0 Å². The number of rotatable bonds is 4. The Kier molecular flexibility index (Phi) is 4.43. The van der Waals surface area contributed by atoms with Gasteiger partial charge in [-0.05, 0) is 35.9 Å². The first kappa shape index (κ1) is 18.1. The maximum absolute atomic E-state index is 14.1. The number of hydrogen-bond donors (Lipinski definition) is 0. The Morgan fingerprint density at radius 3 is 2.41 bits per heavy atom. The fourth-order valence-electron chi connectivity index (χ4n) is 4.56. The van der Waals surface area contributed by atoms with Crippen molar-refractivity contribution in [2.24, 2.45) is 0 Å². The molecular formula is C23H21F2N3O. The maximum Gasteiger partial charge on any atom is 0.271 e. The van der Waals surface area contributed by atoms with Crippen LogP contribution in [0.2, 0.25) is 0 Å². The molecular weight excluding hydrogens is 372 g/mol. The van der Waals surface area contributed by atoms with Crippen LogP contribution in [0.1, 0.15) is 27.7 Å². The van der Waals surface area contributed by atoms with Crippen LogP contribution in [0.3, 0.4) is 0 Å². The second-order valence-electron chi connectivity index (χ2n) is 7.78. The van der Waals surface area contributed by atoms with E-state index in [1.165, 1.54) is 18.2 Å². The van der Waals surface area contributed by atoms with Gasteiger partial charge in [0.05, 0.1) is 12.1 Å². The average molecular weight is 393 g/mol. The Bertz CT molecular complexity index is 1050. The Balaban J connectivity index is 1.43. The lowest BCUT2D eigenvalue weighted by Crippen LogP contribution is -2.49. The minimum Gasteiger partial charge on any atom is -0.337 e. The van der Waals surface area contributed by atoms with Gasteiger partial charge in [0.25, 0.3) is 5.91 Å². The summed E-state index contributed by atoms with van der Waals surface area (Å²) in [6.45, 7) is 2.35. The van der Waals surface area contributed by atoms with Crippen molar-refractivity contribution in [1.82, 2.24) is 14.4 Å². The minimum atomic E-state index is -0.289. The molecule has 0 aliphatic carbocycles. The molecule has 5 rings (SSSR count). The van der Waals surface area contributed by atoms with E-state index in [0.717, 1.165) is 12.1 Å². The number of aromatic nitrogens is 1. The van der Waals surface area contributed by atoms with Crippen LogP contribution in [-0.4, -0.2) is 39.4 Å². The third-order valence-electron chi connectivity index (χ3n) is 5.97. The molecule has 3 aromatic rings. The van der Waals surface area contributed by atoms with Crippen molar-refractivity contribution in [3.8, 4) is 0 Å². The zero-order valence-electron chi connectivity index (χ0n) is 15.8. The van der Waals surface area contributed by atoms with E-state index >= 15 is 0 Å². The molecule has 1 saturated heterocycles. The largest absolute Gasteiger partial charge is 0.337 e. The highest BCUT2D eigenvalue weighted by atomic mass is 19.1. The molecule has 4 nitrogen and oxygen atoms in total. The first-order chi connectivity index (χ1) is 14.1. The third kappa shape index (κ3) is 3.23. The summed E-state index contributed by atoms with van der Waals surface area (Å²) in [5, 5.41) is 0. The summed E-state index contributed by atoms with van der Waals surface area (Å²) in [6, 6.07) is 16.9. The summed E-state index contributed by atoms with van der Waals surface area (Å²) in [6.07, 6.45) is 1.95. The van der Waals surface area contributed by atoms with Gasteiger partial charge in [-0.3, -0.25) is 9.69 Å². The van der Waals surface area contributed by atoms with E-state index in [4.69, 9.17) is 0 Å². The van der Waals surface area contributed by atoms with Gasteiger partial charge >= 0.3 is 0 Å². The molecule has 2 atom stereocenters. The number of fused-ring (bicyclic) bond motifs is 3. The van der Waals surface area contributed by atoms with Gasteiger partial charge in [0.1, 0.15) is 17.3 Å². The van der Waals surface area contributed by atoms with Gasteiger partial charge in [-0.25, -0.2) is 8.78 Å². The van der Waals surface area contributed by atoms with Crippen LogP contribution in [-0.2, 0) is 13.1 Å². The predicted molar refractivity (Wildman–Crippen MR) is 105 cm³/mol. The van der Waals surface area contributed by atoms with Crippen LogP contribution in [0, 0.1) is 11.6 Å². The fraction of sp³-hybridized carbons (Fsp3) is 0.261. The molecule has 1 aromatic heterocycles. The second-order valence-corrected chi connectivity index (χ2v) is 7.78. The molecule has 0 unspecified atom stereocenters. The van der Waals surface area contributed by atoms with Gasteiger partial charge in [-0.15, -0.1) is 0 Å². The summed E-state index contributed by atoms with van der Waals surface area (Å²) in [7, 11) is 0. The Hall–Kier alpha value is -2.99. The monoisotopic (exact) mass is 393 g/mol. The molecule has 0 radical (unpaired) electrons. The van der Waals surface area contributed by atoms with Crippen molar-refractivity contribution in [3.05, 3.63) is 95.3 Å². The van der Waals surface area contributed by atoms with E-state index in [2.05, 4.69) is 9.47 Å². The lowest BCUT2D eigenvalue weighted by molar-refractivity contribution is 0.0556. The van der Waals surface area contributed by atoms with Gasteiger partial charge in [0.15, 0.2) is 0 Å². The van der Waals surface area contributed by atoms with Crippen LogP contribution in [0.4, 0.5) is 8.78 Å². The number of likely N-dealkylation sites (tertiary alicyclic amines) is 1. The lowest BCUT2D eigenvalue weighted by atomic mass is 10.0. The topological polar surface area (TPSA) is 28.5 Å². The van der Waals surface area contributed by atoms with Crippen molar-refractivity contribution in [2.45, 2.75) is 25.2 Å². The maximum atomic E-state index is 14.1. The first-order valence-electron chi connectivity index (χ1n) is 9.78.